The van der Waals surface area contributed by atoms with Crippen LogP contribution in [0, 0.1) is 0 Å². The topological polar surface area (TPSA) is 46.3 Å². The normalized spacial score (nSPS) is 21.7. The van der Waals surface area contributed by atoms with Gasteiger partial charge < -0.3 is 10.6 Å². The Balaban J connectivity index is 2.19. The minimum atomic E-state index is -0.195. The van der Waals surface area contributed by atoms with E-state index in [9.17, 15) is 4.79 Å². The van der Waals surface area contributed by atoms with E-state index in [0.29, 0.717) is 12.5 Å². The number of amides is 1. The summed E-state index contributed by atoms with van der Waals surface area (Å²) in [7, 11) is 0. The highest BCUT2D eigenvalue weighted by Crippen LogP contribution is 2.12. The number of hydrogen-bond donors (Lipinski definition) is 1. The Bertz CT molecular complexity index is 132. The zero-order valence-corrected chi connectivity index (χ0v) is 6.34. The van der Waals surface area contributed by atoms with Crippen LogP contribution in [0.5, 0.6) is 0 Å². The van der Waals surface area contributed by atoms with Crippen LogP contribution < -0.4 is 5.73 Å². The smallest absolute Gasteiger partial charge is 0.218 e. The summed E-state index contributed by atoms with van der Waals surface area (Å²) >= 11 is 0. The highest BCUT2D eigenvalue weighted by atomic mass is 16.1. The summed E-state index contributed by atoms with van der Waals surface area (Å²) in [4.78, 5) is 12.7. The van der Waals surface area contributed by atoms with Gasteiger partial charge in [-0.05, 0) is 26.4 Å². The Morgan fingerprint density at radius 3 is 2.60 bits per heavy atom. The van der Waals surface area contributed by atoms with Crippen molar-refractivity contribution < 1.29 is 4.79 Å². The summed E-state index contributed by atoms with van der Waals surface area (Å²) in [6.07, 6.45) is 1.77. The van der Waals surface area contributed by atoms with E-state index >= 15 is 0 Å². The van der Waals surface area contributed by atoms with Crippen LogP contribution in [0.25, 0.3) is 0 Å². The molecule has 1 aliphatic heterocycles. The number of rotatable bonds is 3. The van der Waals surface area contributed by atoms with Crippen LogP contribution in [0.1, 0.15) is 19.8 Å². The van der Waals surface area contributed by atoms with Gasteiger partial charge in [-0.3, -0.25) is 4.79 Å². The molecule has 0 aromatic heterocycles. The van der Waals surface area contributed by atoms with Crippen LogP contribution in [-0.4, -0.2) is 29.9 Å². The molecule has 1 amide bonds. The maximum absolute atomic E-state index is 10.4. The Kier molecular flexibility index (Phi) is 2.27. The molecule has 1 atom stereocenters. The Morgan fingerprint density at radius 1 is 1.70 bits per heavy atom. The molecular weight excluding hydrogens is 128 g/mol. The fraction of sp³-hybridized carbons (Fsp3) is 0.857. The first-order chi connectivity index (χ1) is 4.70. The van der Waals surface area contributed by atoms with Crippen LogP contribution in [0.2, 0.25) is 0 Å². The summed E-state index contributed by atoms with van der Waals surface area (Å²) in [5.41, 5.74) is 5.04. The minimum Gasteiger partial charge on any atom is -0.370 e. The van der Waals surface area contributed by atoms with Crippen molar-refractivity contribution in [1.29, 1.82) is 0 Å². The summed E-state index contributed by atoms with van der Waals surface area (Å²) < 4.78 is 0. The summed E-state index contributed by atoms with van der Waals surface area (Å²) in [5, 5.41) is 0. The standard InChI is InChI=1S/C7H14N2O/c1-6(5-7(8)10)9-3-2-4-9/h6H,2-5H2,1H3,(H2,8,10). The first kappa shape index (κ1) is 7.54. The molecule has 0 saturated carbocycles. The van der Waals surface area contributed by atoms with E-state index in [4.69, 9.17) is 5.73 Å². The molecule has 0 radical (unpaired) electrons. The number of nitrogens with zero attached hydrogens (tertiary/aromatic N) is 1. The Hall–Kier alpha value is -0.570. The van der Waals surface area contributed by atoms with Crippen molar-refractivity contribution in [3.8, 4) is 0 Å². The zero-order chi connectivity index (χ0) is 7.56. The molecule has 1 saturated heterocycles. The van der Waals surface area contributed by atoms with E-state index in [2.05, 4.69) is 4.90 Å². The molecule has 10 heavy (non-hydrogen) atoms. The molecular formula is C7H14N2O. The Labute approximate surface area is 61.2 Å². The molecule has 1 rings (SSSR count). The third kappa shape index (κ3) is 1.70. The van der Waals surface area contributed by atoms with Crippen LogP contribution in [-0.2, 0) is 4.79 Å². The number of primary amides is 1. The van der Waals surface area contributed by atoms with E-state index in [1.807, 2.05) is 6.92 Å². The van der Waals surface area contributed by atoms with E-state index in [0.717, 1.165) is 13.1 Å². The SMILES string of the molecule is CC(CC(N)=O)N1CCC1. The fourth-order valence-corrected chi connectivity index (χ4v) is 1.20. The minimum absolute atomic E-state index is 0.195. The first-order valence-corrected chi connectivity index (χ1v) is 3.72. The monoisotopic (exact) mass is 142 g/mol. The third-order valence-electron chi connectivity index (χ3n) is 2.01. The maximum atomic E-state index is 10.4. The summed E-state index contributed by atoms with van der Waals surface area (Å²) in [6, 6.07) is 0.353. The van der Waals surface area contributed by atoms with Crippen molar-refractivity contribution in [2.24, 2.45) is 5.73 Å². The molecule has 1 aliphatic rings. The molecule has 1 fully saturated rings. The van der Waals surface area contributed by atoms with E-state index in [1.54, 1.807) is 0 Å². The maximum Gasteiger partial charge on any atom is 0.218 e. The average molecular weight is 142 g/mol. The van der Waals surface area contributed by atoms with Gasteiger partial charge in [0.2, 0.25) is 5.91 Å². The quantitative estimate of drug-likeness (QED) is 0.601. The molecule has 58 valence electrons. The van der Waals surface area contributed by atoms with Gasteiger partial charge in [-0.25, -0.2) is 0 Å². The lowest BCUT2D eigenvalue weighted by molar-refractivity contribution is -0.119. The molecule has 3 nitrogen and oxygen atoms in total. The third-order valence-corrected chi connectivity index (χ3v) is 2.01. The van der Waals surface area contributed by atoms with Crippen LogP contribution >= 0.6 is 0 Å². The van der Waals surface area contributed by atoms with Crippen LogP contribution in [0.15, 0.2) is 0 Å². The Morgan fingerprint density at radius 2 is 2.30 bits per heavy atom. The molecule has 0 aromatic carbocycles. The molecule has 2 N–H and O–H groups in total. The van der Waals surface area contributed by atoms with Crippen molar-refractivity contribution in [1.82, 2.24) is 4.90 Å². The number of nitrogens with two attached hydrogens (primary N) is 1. The molecule has 0 aliphatic carbocycles. The molecule has 0 spiro atoms. The van der Waals surface area contributed by atoms with Gasteiger partial charge in [-0.15, -0.1) is 0 Å². The van der Waals surface area contributed by atoms with Gasteiger partial charge in [0.15, 0.2) is 0 Å². The van der Waals surface area contributed by atoms with E-state index < -0.39 is 0 Å². The van der Waals surface area contributed by atoms with Gasteiger partial charge in [-0.1, -0.05) is 0 Å². The van der Waals surface area contributed by atoms with Crippen molar-refractivity contribution in [2.45, 2.75) is 25.8 Å². The predicted octanol–water partition coefficient (Wildman–Crippen LogP) is -0.0440. The van der Waals surface area contributed by atoms with Crippen molar-refractivity contribution in [2.75, 3.05) is 13.1 Å². The number of hydrogen-bond acceptors (Lipinski definition) is 2. The summed E-state index contributed by atoms with van der Waals surface area (Å²) in [5.74, 6) is -0.195. The zero-order valence-electron chi connectivity index (χ0n) is 6.34. The fourth-order valence-electron chi connectivity index (χ4n) is 1.20. The van der Waals surface area contributed by atoms with Gasteiger partial charge in [0.1, 0.15) is 0 Å². The van der Waals surface area contributed by atoms with Gasteiger partial charge >= 0.3 is 0 Å². The van der Waals surface area contributed by atoms with Gasteiger partial charge in [0.25, 0.3) is 0 Å². The number of likely N-dealkylation sites (tertiary alicyclic amines) is 1. The van der Waals surface area contributed by atoms with Gasteiger partial charge in [0, 0.05) is 12.5 Å². The lowest BCUT2D eigenvalue weighted by Gasteiger charge is -2.35. The second-order valence-corrected chi connectivity index (χ2v) is 2.91. The highest BCUT2D eigenvalue weighted by Gasteiger charge is 2.20. The van der Waals surface area contributed by atoms with Gasteiger partial charge in [-0.2, -0.15) is 0 Å². The van der Waals surface area contributed by atoms with Crippen molar-refractivity contribution in [3.63, 3.8) is 0 Å². The van der Waals surface area contributed by atoms with Crippen LogP contribution in [0.4, 0.5) is 0 Å². The lowest BCUT2D eigenvalue weighted by Crippen LogP contribution is -2.45. The molecule has 3 heteroatoms. The summed E-state index contributed by atoms with van der Waals surface area (Å²) in [6.45, 7) is 4.31. The van der Waals surface area contributed by atoms with Crippen molar-refractivity contribution in [3.05, 3.63) is 0 Å². The largest absolute Gasteiger partial charge is 0.370 e. The number of carbonyl (C=O) groups is 1. The average Bonchev–Trinajstić information content (AvgIpc) is 1.55. The second-order valence-electron chi connectivity index (χ2n) is 2.91. The molecule has 0 aromatic rings. The van der Waals surface area contributed by atoms with E-state index in [-0.39, 0.29) is 5.91 Å². The van der Waals surface area contributed by atoms with E-state index in [1.165, 1.54) is 6.42 Å². The molecule has 1 unspecified atom stereocenters. The predicted molar refractivity (Wildman–Crippen MR) is 39.5 cm³/mol. The first-order valence-electron chi connectivity index (χ1n) is 3.72. The van der Waals surface area contributed by atoms with Crippen molar-refractivity contribution >= 4 is 5.91 Å². The molecule has 1 heterocycles. The number of carbonyl (C=O) groups excluding carboxylic acids is 1. The molecule has 0 bridgehead atoms. The highest BCUT2D eigenvalue weighted by molar-refractivity contribution is 5.74. The lowest BCUT2D eigenvalue weighted by atomic mass is 10.1. The van der Waals surface area contributed by atoms with Gasteiger partial charge in [0.05, 0.1) is 0 Å². The second kappa shape index (κ2) is 3.01. The van der Waals surface area contributed by atoms with Crippen LogP contribution in [0.3, 0.4) is 0 Å².